The van der Waals surface area contributed by atoms with Crippen LogP contribution in [0.2, 0.25) is 0 Å². The summed E-state index contributed by atoms with van der Waals surface area (Å²) in [4.78, 5) is 10.2. The fraction of sp³-hybridized carbons (Fsp3) is 0.500. The fourth-order valence-corrected chi connectivity index (χ4v) is 3.08. The highest BCUT2D eigenvalue weighted by atomic mass is 32.1. The number of hydrogen-bond acceptors (Lipinski definition) is 4. The molecule has 0 radical (unpaired) electrons. The second kappa shape index (κ2) is 4.98. The summed E-state index contributed by atoms with van der Waals surface area (Å²) in [6, 6.07) is 0.135. The Morgan fingerprint density at radius 1 is 1.47 bits per heavy atom. The van der Waals surface area contributed by atoms with Crippen molar-refractivity contribution in [3.63, 3.8) is 0 Å². The number of nitrogens with one attached hydrogen (secondary N) is 1. The third kappa shape index (κ3) is 2.25. The summed E-state index contributed by atoms with van der Waals surface area (Å²) < 4.78 is 2.16. The van der Waals surface area contributed by atoms with Gasteiger partial charge < -0.3 is 9.88 Å². The van der Waals surface area contributed by atoms with Crippen LogP contribution in [-0.4, -0.2) is 21.6 Å². The molecule has 92 valence electrons. The largest absolute Gasteiger partial charge is 0.334 e. The molecule has 2 heterocycles. The minimum Gasteiger partial charge on any atom is -0.334 e. The molecule has 0 aliphatic carbocycles. The Balaban J connectivity index is 2.43. The minimum absolute atomic E-state index is 0.135. The second-order valence-electron chi connectivity index (χ2n) is 3.98. The van der Waals surface area contributed by atoms with E-state index in [0.29, 0.717) is 0 Å². The first-order valence-corrected chi connectivity index (χ1v) is 6.61. The van der Waals surface area contributed by atoms with Crippen LogP contribution in [0.15, 0.2) is 12.4 Å². The van der Waals surface area contributed by atoms with E-state index in [0.717, 1.165) is 23.1 Å². The van der Waals surface area contributed by atoms with Gasteiger partial charge in [-0.2, -0.15) is 0 Å². The second-order valence-corrected chi connectivity index (χ2v) is 5.21. The molecule has 1 N–H and O–H groups in total. The molecular formula is C12H18N4S. The van der Waals surface area contributed by atoms with Crippen LogP contribution < -0.4 is 5.32 Å². The summed E-state index contributed by atoms with van der Waals surface area (Å²) in [5, 5.41) is 4.44. The quantitative estimate of drug-likeness (QED) is 0.905. The molecule has 4 nitrogen and oxygen atoms in total. The van der Waals surface area contributed by atoms with Crippen molar-refractivity contribution >= 4 is 11.3 Å². The van der Waals surface area contributed by atoms with E-state index in [4.69, 9.17) is 0 Å². The first-order valence-electron chi connectivity index (χ1n) is 5.79. The number of thiazole rings is 1. The molecule has 0 aliphatic rings. The average molecular weight is 250 g/mol. The molecular weight excluding hydrogens is 232 g/mol. The SMILES string of the molecule is CCn1ccnc1C(NC)c1sc(C)nc1C. The molecule has 0 saturated carbocycles. The van der Waals surface area contributed by atoms with Crippen LogP contribution in [0.5, 0.6) is 0 Å². The van der Waals surface area contributed by atoms with Crippen molar-refractivity contribution in [2.75, 3.05) is 7.05 Å². The number of aryl methyl sites for hydroxylation is 3. The van der Waals surface area contributed by atoms with Crippen LogP contribution in [0.1, 0.15) is 34.4 Å². The van der Waals surface area contributed by atoms with Crippen molar-refractivity contribution in [1.82, 2.24) is 19.9 Å². The van der Waals surface area contributed by atoms with Crippen molar-refractivity contribution < 1.29 is 0 Å². The van der Waals surface area contributed by atoms with E-state index < -0.39 is 0 Å². The third-order valence-electron chi connectivity index (χ3n) is 2.84. The molecule has 2 aromatic rings. The van der Waals surface area contributed by atoms with Crippen LogP contribution >= 0.6 is 11.3 Å². The Morgan fingerprint density at radius 2 is 2.24 bits per heavy atom. The topological polar surface area (TPSA) is 42.7 Å². The molecule has 17 heavy (non-hydrogen) atoms. The van der Waals surface area contributed by atoms with E-state index in [9.17, 15) is 0 Å². The first-order chi connectivity index (χ1) is 8.17. The summed E-state index contributed by atoms with van der Waals surface area (Å²) in [6.45, 7) is 7.16. The van der Waals surface area contributed by atoms with E-state index in [2.05, 4.69) is 33.7 Å². The zero-order valence-electron chi connectivity index (χ0n) is 10.7. The van der Waals surface area contributed by atoms with Crippen molar-refractivity contribution in [3.8, 4) is 0 Å². The molecule has 2 rings (SSSR count). The Labute approximate surface area is 106 Å². The van der Waals surface area contributed by atoms with Gasteiger partial charge in [0, 0.05) is 18.9 Å². The molecule has 2 aromatic heterocycles. The lowest BCUT2D eigenvalue weighted by Gasteiger charge is -2.16. The van der Waals surface area contributed by atoms with Gasteiger partial charge in [-0.1, -0.05) is 0 Å². The summed E-state index contributed by atoms with van der Waals surface area (Å²) >= 11 is 1.74. The molecule has 0 saturated heterocycles. The van der Waals surface area contributed by atoms with Crippen molar-refractivity contribution in [1.29, 1.82) is 0 Å². The number of rotatable bonds is 4. The lowest BCUT2D eigenvalue weighted by molar-refractivity contribution is 0.594. The molecule has 0 aliphatic heterocycles. The molecule has 0 amide bonds. The lowest BCUT2D eigenvalue weighted by atomic mass is 10.2. The predicted molar refractivity (Wildman–Crippen MR) is 70.4 cm³/mol. The van der Waals surface area contributed by atoms with Crippen molar-refractivity contribution in [3.05, 3.63) is 33.8 Å². The highest BCUT2D eigenvalue weighted by Gasteiger charge is 2.21. The number of hydrogen-bond donors (Lipinski definition) is 1. The maximum absolute atomic E-state index is 4.49. The predicted octanol–water partition coefficient (Wildman–Crippen LogP) is 2.29. The summed E-state index contributed by atoms with van der Waals surface area (Å²) in [6.07, 6.45) is 3.87. The standard InChI is InChI=1S/C12H18N4S/c1-5-16-7-6-14-12(16)10(13-4)11-8(2)15-9(3)17-11/h6-7,10,13H,5H2,1-4H3. The van der Waals surface area contributed by atoms with Crippen molar-refractivity contribution in [2.24, 2.45) is 0 Å². The summed E-state index contributed by atoms with van der Waals surface area (Å²) in [5.41, 5.74) is 1.09. The van der Waals surface area contributed by atoms with Crippen LogP contribution in [0.3, 0.4) is 0 Å². The van der Waals surface area contributed by atoms with E-state index in [1.54, 1.807) is 11.3 Å². The maximum Gasteiger partial charge on any atom is 0.131 e. The number of nitrogens with zero attached hydrogens (tertiary/aromatic N) is 3. The van der Waals surface area contributed by atoms with Gasteiger partial charge in [0.15, 0.2) is 0 Å². The monoisotopic (exact) mass is 250 g/mol. The fourth-order valence-electron chi connectivity index (χ4n) is 2.04. The smallest absolute Gasteiger partial charge is 0.131 e. The van der Waals surface area contributed by atoms with Gasteiger partial charge in [-0.15, -0.1) is 11.3 Å². The first kappa shape index (κ1) is 12.3. The summed E-state index contributed by atoms with van der Waals surface area (Å²) in [7, 11) is 1.97. The van der Waals surface area contributed by atoms with Gasteiger partial charge in [0.1, 0.15) is 11.9 Å². The maximum atomic E-state index is 4.49. The van der Waals surface area contributed by atoms with Crippen LogP contribution in [0.4, 0.5) is 0 Å². The van der Waals surface area contributed by atoms with E-state index in [-0.39, 0.29) is 6.04 Å². The molecule has 1 atom stereocenters. The summed E-state index contributed by atoms with van der Waals surface area (Å²) in [5.74, 6) is 1.06. The van der Waals surface area contributed by atoms with Crippen LogP contribution in [-0.2, 0) is 6.54 Å². The highest BCUT2D eigenvalue weighted by Crippen LogP contribution is 2.28. The van der Waals surface area contributed by atoms with Crippen LogP contribution in [0.25, 0.3) is 0 Å². The van der Waals surface area contributed by atoms with Gasteiger partial charge >= 0.3 is 0 Å². The van der Waals surface area contributed by atoms with E-state index in [1.807, 2.05) is 26.4 Å². The van der Waals surface area contributed by atoms with E-state index >= 15 is 0 Å². The molecule has 1 unspecified atom stereocenters. The molecule has 5 heteroatoms. The third-order valence-corrected chi connectivity index (χ3v) is 3.97. The Morgan fingerprint density at radius 3 is 2.76 bits per heavy atom. The molecule has 0 fully saturated rings. The van der Waals surface area contributed by atoms with Gasteiger partial charge in [-0.3, -0.25) is 0 Å². The van der Waals surface area contributed by atoms with E-state index in [1.165, 1.54) is 4.88 Å². The highest BCUT2D eigenvalue weighted by molar-refractivity contribution is 7.11. The number of aromatic nitrogens is 3. The Kier molecular flexibility index (Phi) is 3.59. The zero-order chi connectivity index (χ0) is 12.4. The normalized spacial score (nSPS) is 12.9. The van der Waals surface area contributed by atoms with Crippen LogP contribution in [0, 0.1) is 13.8 Å². The number of imidazole rings is 1. The molecule has 0 aromatic carbocycles. The van der Waals surface area contributed by atoms with Gasteiger partial charge in [0.25, 0.3) is 0 Å². The van der Waals surface area contributed by atoms with Gasteiger partial charge in [-0.25, -0.2) is 9.97 Å². The average Bonchev–Trinajstić information content (AvgIpc) is 2.88. The Bertz CT molecular complexity index is 500. The van der Waals surface area contributed by atoms with Gasteiger partial charge in [0.05, 0.1) is 15.6 Å². The van der Waals surface area contributed by atoms with Gasteiger partial charge in [0.2, 0.25) is 0 Å². The molecule has 0 bridgehead atoms. The van der Waals surface area contributed by atoms with Crippen molar-refractivity contribution in [2.45, 2.75) is 33.4 Å². The minimum atomic E-state index is 0.135. The van der Waals surface area contributed by atoms with Gasteiger partial charge in [-0.05, 0) is 27.8 Å². The zero-order valence-corrected chi connectivity index (χ0v) is 11.5. The molecule has 0 spiro atoms. The lowest BCUT2D eigenvalue weighted by Crippen LogP contribution is -2.21. The Hall–Kier alpha value is -1.20.